The molecule has 0 saturated carbocycles. The van der Waals surface area contributed by atoms with Crippen molar-refractivity contribution in [3.63, 3.8) is 0 Å². The maximum Gasteiger partial charge on any atom is 0.345 e. The molecular weight excluding hydrogens is 276 g/mol. The molecule has 2 aromatic rings. The number of nitrogens with two attached hydrogens (primary N) is 1. The second-order valence-corrected chi connectivity index (χ2v) is 4.00. The Bertz CT molecular complexity index is 613. The quantitative estimate of drug-likeness (QED) is 0.568. The van der Waals surface area contributed by atoms with Crippen molar-refractivity contribution in [1.82, 2.24) is 19.7 Å². The minimum Gasteiger partial charge on any atom is -0.465 e. The summed E-state index contributed by atoms with van der Waals surface area (Å²) < 4.78 is 11.0. The van der Waals surface area contributed by atoms with Crippen molar-refractivity contribution in [2.24, 2.45) is 0 Å². The predicted octanol–water partition coefficient (Wildman–Crippen LogP) is 0.0894. The van der Waals surface area contributed by atoms with Crippen LogP contribution in [0.1, 0.15) is 10.4 Å². The standard InChI is InChI=1S/C12H16N6O3/c1-20-6-5-15-11-9(12(19)21-2)10(13)18(17-11)8-3-4-14-7-16-8/h3-4,7H,5-6,13H2,1-2H3,(H,15,17). The molecule has 112 valence electrons. The summed E-state index contributed by atoms with van der Waals surface area (Å²) >= 11 is 0. The summed E-state index contributed by atoms with van der Waals surface area (Å²) in [6.45, 7) is 0.932. The Hall–Kier alpha value is -2.68. The zero-order valence-electron chi connectivity index (χ0n) is 11.7. The molecule has 2 heterocycles. The molecule has 0 bridgehead atoms. The lowest BCUT2D eigenvalue weighted by molar-refractivity contribution is 0.0603. The van der Waals surface area contributed by atoms with Gasteiger partial charge in [-0.2, -0.15) is 4.68 Å². The Balaban J connectivity index is 2.41. The normalized spacial score (nSPS) is 10.4. The van der Waals surface area contributed by atoms with Crippen molar-refractivity contribution < 1.29 is 14.3 Å². The summed E-state index contributed by atoms with van der Waals surface area (Å²) in [6, 6.07) is 1.63. The van der Waals surface area contributed by atoms with Crippen LogP contribution in [-0.4, -0.2) is 53.1 Å². The van der Waals surface area contributed by atoms with Crippen LogP contribution in [0, 0.1) is 0 Å². The first-order valence-electron chi connectivity index (χ1n) is 6.15. The van der Waals surface area contributed by atoms with Gasteiger partial charge in [-0.1, -0.05) is 0 Å². The monoisotopic (exact) mass is 292 g/mol. The number of methoxy groups -OCH3 is 2. The molecule has 9 nitrogen and oxygen atoms in total. The fourth-order valence-corrected chi connectivity index (χ4v) is 1.71. The van der Waals surface area contributed by atoms with E-state index in [0.717, 1.165) is 0 Å². The third kappa shape index (κ3) is 3.08. The molecule has 3 N–H and O–H groups in total. The van der Waals surface area contributed by atoms with E-state index in [1.165, 1.54) is 18.1 Å². The van der Waals surface area contributed by atoms with E-state index in [2.05, 4.69) is 20.4 Å². The lowest BCUT2D eigenvalue weighted by Crippen LogP contribution is -2.12. The minimum atomic E-state index is -0.576. The maximum atomic E-state index is 11.9. The van der Waals surface area contributed by atoms with Crippen molar-refractivity contribution in [3.05, 3.63) is 24.2 Å². The van der Waals surface area contributed by atoms with Gasteiger partial charge in [-0.25, -0.2) is 14.8 Å². The molecule has 9 heteroatoms. The van der Waals surface area contributed by atoms with E-state index in [0.29, 0.717) is 24.8 Å². The minimum absolute atomic E-state index is 0.139. The lowest BCUT2D eigenvalue weighted by atomic mass is 10.3. The average Bonchev–Trinajstić information content (AvgIpc) is 2.84. The number of carbonyl (C=O) groups is 1. The van der Waals surface area contributed by atoms with Gasteiger partial charge in [0.15, 0.2) is 11.6 Å². The van der Waals surface area contributed by atoms with Crippen LogP contribution in [0.4, 0.5) is 11.6 Å². The maximum absolute atomic E-state index is 11.9. The van der Waals surface area contributed by atoms with Crippen molar-refractivity contribution in [2.45, 2.75) is 0 Å². The molecule has 0 unspecified atom stereocenters. The summed E-state index contributed by atoms with van der Waals surface area (Å²) in [4.78, 5) is 19.7. The number of nitrogens with one attached hydrogen (secondary N) is 1. The number of hydrogen-bond acceptors (Lipinski definition) is 8. The summed E-state index contributed by atoms with van der Waals surface area (Å²) in [6.07, 6.45) is 2.92. The second-order valence-electron chi connectivity index (χ2n) is 4.00. The number of hydrogen-bond donors (Lipinski definition) is 2. The smallest absolute Gasteiger partial charge is 0.345 e. The Morgan fingerprint density at radius 2 is 2.29 bits per heavy atom. The van der Waals surface area contributed by atoms with Crippen LogP contribution in [0.25, 0.3) is 5.82 Å². The van der Waals surface area contributed by atoms with E-state index in [1.54, 1.807) is 19.4 Å². The topological polar surface area (TPSA) is 117 Å². The lowest BCUT2D eigenvalue weighted by Gasteiger charge is -2.04. The van der Waals surface area contributed by atoms with Crippen molar-refractivity contribution >= 4 is 17.6 Å². The number of rotatable bonds is 6. The van der Waals surface area contributed by atoms with Crippen LogP contribution in [-0.2, 0) is 9.47 Å². The molecular formula is C12H16N6O3. The Kier molecular flexibility index (Phi) is 4.67. The largest absolute Gasteiger partial charge is 0.465 e. The van der Waals surface area contributed by atoms with E-state index >= 15 is 0 Å². The first-order valence-corrected chi connectivity index (χ1v) is 6.15. The van der Waals surface area contributed by atoms with Crippen LogP contribution in [0.2, 0.25) is 0 Å². The number of ether oxygens (including phenoxy) is 2. The molecule has 2 aromatic heterocycles. The molecule has 21 heavy (non-hydrogen) atoms. The van der Waals surface area contributed by atoms with Gasteiger partial charge in [0.2, 0.25) is 0 Å². The molecule has 0 atom stereocenters. The van der Waals surface area contributed by atoms with Gasteiger partial charge in [-0.05, 0) is 0 Å². The van der Waals surface area contributed by atoms with Gasteiger partial charge in [-0.3, -0.25) is 0 Å². The molecule has 0 saturated heterocycles. The van der Waals surface area contributed by atoms with Gasteiger partial charge in [0, 0.05) is 25.9 Å². The molecule has 0 aliphatic carbocycles. The van der Waals surface area contributed by atoms with Crippen molar-refractivity contribution in [3.8, 4) is 5.82 Å². The summed E-state index contributed by atoms with van der Waals surface area (Å²) in [5, 5.41) is 7.23. The van der Waals surface area contributed by atoms with Gasteiger partial charge >= 0.3 is 5.97 Å². The Labute approximate surface area is 121 Å². The number of nitrogens with zero attached hydrogens (tertiary/aromatic N) is 4. The average molecular weight is 292 g/mol. The number of carbonyl (C=O) groups excluding carboxylic acids is 1. The summed E-state index contributed by atoms with van der Waals surface area (Å²) in [5.41, 5.74) is 6.14. The molecule has 0 fully saturated rings. The first-order chi connectivity index (χ1) is 10.2. The van der Waals surface area contributed by atoms with Gasteiger partial charge < -0.3 is 20.5 Å². The molecule has 0 aliphatic heterocycles. The van der Waals surface area contributed by atoms with E-state index in [1.807, 2.05) is 0 Å². The van der Waals surface area contributed by atoms with Crippen molar-refractivity contribution in [1.29, 1.82) is 0 Å². The van der Waals surface area contributed by atoms with E-state index in [-0.39, 0.29) is 11.4 Å². The third-order valence-electron chi connectivity index (χ3n) is 2.69. The van der Waals surface area contributed by atoms with Crippen molar-refractivity contribution in [2.75, 3.05) is 38.4 Å². The van der Waals surface area contributed by atoms with Gasteiger partial charge in [0.25, 0.3) is 0 Å². The van der Waals surface area contributed by atoms with E-state index in [4.69, 9.17) is 15.2 Å². The number of aromatic nitrogens is 4. The summed E-state index contributed by atoms with van der Waals surface area (Å²) in [7, 11) is 2.86. The number of nitrogen functional groups attached to an aromatic ring is 1. The number of anilines is 2. The first kappa shape index (κ1) is 14.7. The second kappa shape index (κ2) is 6.66. The molecule has 2 rings (SSSR count). The van der Waals surface area contributed by atoms with Crippen LogP contribution >= 0.6 is 0 Å². The zero-order valence-corrected chi connectivity index (χ0v) is 11.7. The van der Waals surface area contributed by atoms with E-state index in [9.17, 15) is 4.79 Å². The van der Waals surface area contributed by atoms with Crippen LogP contribution in [0.15, 0.2) is 18.6 Å². The molecule has 0 spiro atoms. The SMILES string of the molecule is COCCNc1nn(-c2ccncn2)c(N)c1C(=O)OC. The highest BCUT2D eigenvalue weighted by molar-refractivity contribution is 5.99. The summed E-state index contributed by atoms with van der Waals surface area (Å²) in [5.74, 6) is 0.329. The molecule has 0 aliphatic rings. The van der Waals surface area contributed by atoms with Crippen LogP contribution in [0.5, 0.6) is 0 Å². The Morgan fingerprint density at radius 3 is 2.90 bits per heavy atom. The molecule has 0 aromatic carbocycles. The molecule has 0 amide bonds. The van der Waals surface area contributed by atoms with E-state index < -0.39 is 5.97 Å². The molecule has 0 radical (unpaired) electrons. The fourth-order valence-electron chi connectivity index (χ4n) is 1.71. The highest BCUT2D eigenvalue weighted by Gasteiger charge is 2.23. The van der Waals surface area contributed by atoms with Crippen LogP contribution in [0.3, 0.4) is 0 Å². The Morgan fingerprint density at radius 1 is 1.48 bits per heavy atom. The predicted molar refractivity (Wildman–Crippen MR) is 75.3 cm³/mol. The van der Waals surface area contributed by atoms with Crippen LogP contribution < -0.4 is 11.1 Å². The highest BCUT2D eigenvalue weighted by atomic mass is 16.5. The highest BCUT2D eigenvalue weighted by Crippen LogP contribution is 2.24. The van der Waals surface area contributed by atoms with Gasteiger partial charge in [-0.15, -0.1) is 5.10 Å². The number of esters is 1. The van der Waals surface area contributed by atoms with Gasteiger partial charge in [0.1, 0.15) is 17.7 Å². The fraction of sp³-hybridized carbons (Fsp3) is 0.333. The zero-order chi connectivity index (χ0) is 15.2. The third-order valence-corrected chi connectivity index (χ3v) is 2.69. The van der Waals surface area contributed by atoms with Gasteiger partial charge in [0.05, 0.1) is 13.7 Å².